The number of benzene rings is 2. The molecular weight excluding hydrogens is 352 g/mol. The molecule has 2 aromatic carbocycles. The van der Waals surface area contributed by atoms with Gasteiger partial charge in [-0.2, -0.15) is 0 Å². The SMILES string of the molecule is CCN1C(=O)/C(=C/C=C2\Oc3ccc4ccccc4c3N2C)SC1=S. The van der Waals surface area contributed by atoms with Crippen LogP contribution in [0.5, 0.6) is 5.75 Å². The van der Waals surface area contributed by atoms with E-state index in [1.165, 1.54) is 17.1 Å². The number of amides is 1. The average molecular weight is 368 g/mol. The van der Waals surface area contributed by atoms with Gasteiger partial charge in [0.2, 0.25) is 0 Å². The lowest BCUT2D eigenvalue weighted by Crippen LogP contribution is -2.27. The molecule has 1 fully saturated rings. The van der Waals surface area contributed by atoms with Crippen molar-refractivity contribution in [2.45, 2.75) is 6.92 Å². The van der Waals surface area contributed by atoms with Crippen LogP contribution < -0.4 is 9.64 Å². The number of ether oxygens (including phenoxy) is 1. The zero-order valence-electron chi connectivity index (χ0n) is 13.9. The van der Waals surface area contributed by atoms with Crippen molar-refractivity contribution >= 4 is 50.7 Å². The second-order valence-electron chi connectivity index (χ2n) is 5.75. The molecule has 1 amide bonds. The number of anilines is 1. The van der Waals surface area contributed by atoms with Crippen LogP contribution in [0.4, 0.5) is 5.69 Å². The first-order valence-electron chi connectivity index (χ1n) is 7.99. The van der Waals surface area contributed by atoms with E-state index in [-0.39, 0.29) is 5.91 Å². The van der Waals surface area contributed by atoms with Gasteiger partial charge in [-0.05, 0) is 24.5 Å². The number of thioether (sulfide) groups is 1. The highest BCUT2D eigenvalue weighted by Gasteiger charge is 2.31. The van der Waals surface area contributed by atoms with E-state index in [4.69, 9.17) is 17.0 Å². The van der Waals surface area contributed by atoms with E-state index >= 15 is 0 Å². The quantitative estimate of drug-likeness (QED) is 0.584. The van der Waals surface area contributed by atoms with Crippen molar-refractivity contribution in [2.75, 3.05) is 18.5 Å². The third-order valence-electron chi connectivity index (χ3n) is 4.31. The molecule has 2 aromatic rings. The van der Waals surface area contributed by atoms with E-state index in [1.54, 1.807) is 11.0 Å². The van der Waals surface area contributed by atoms with E-state index in [1.807, 2.05) is 43.1 Å². The summed E-state index contributed by atoms with van der Waals surface area (Å²) in [5.41, 5.74) is 1.04. The molecule has 2 aliphatic rings. The monoisotopic (exact) mass is 368 g/mol. The number of nitrogens with zero attached hydrogens (tertiary/aromatic N) is 2. The lowest BCUT2D eigenvalue weighted by molar-refractivity contribution is -0.122. The second-order valence-corrected chi connectivity index (χ2v) is 7.42. The Morgan fingerprint density at radius 3 is 2.76 bits per heavy atom. The van der Waals surface area contributed by atoms with Crippen molar-refractivity contribution in [1.29, 1.82) is 0 Å². The fourth-order valence-corrected chi connectivity index (χ4v) is 4.36. The second kappa shape index (κ2) is 6.20. The zero-order chi connectivity index (χ0) is 17.6. The molecule has 0 saturated carbocycles. The lowest BCUT2D eigenvalue weighted by atomic mass is 10.1. The average Bonchev–Trinajstić information content (AvgIpc) is 3.09. The van der Waals surface area contributed by atoms with E-state index < -0.39 is 0 Å². The zero-order valence-corrected chi connectivity index (χ0v) is 15.5. The molecule has 0 unspecified atom stereocenters. The van der Waals surface area contributed by atoms with Gasteiger partial charge >= 0.3 is 0 Å². The minimum absolute atomic E-state index is 0.0436. The highest BCUT2D eigenvalue weighted by atomic mass is 32.2. The van der Waals surface area contributed by atoms with Gasteiger partial charge in [0.15, 0.2) is 11.6 Å². The number of fused-ring (bicyclic) bond motifs is 3. The van der Waals surface area contributed by atoms with Gasteiger partial charge in [-0.3, -0.25) is 9.69 Å². The summed E-state index contributed by atoms with van der Waals surface area (Å²) in [6.45, 7) is 2.51. The van der Waals surface area contributed by atoms with Gasteiger partial charge in [0, 0.05) is 25.1 Å². The molecule has 25 heavy (non-hydrogen) atoms. The number of hydrogen-bond acceptors (Lipinski definition) is 5. The van der Waals surface area contributed by atoms with Crippen molar-refractivity contribution in [3.8, 4) is 5.75 Å². The van der Waals surface area contributed by atoms with Gasteiger partial charge in [-0.25, -0.2) is 0 Å². The molecule has 0 spiro atoms. The molecule has 1 saturated heterocycles. The topological polar surface area (TPSA) is 32.8 Å². The van der Waals surface area contributed by atoms with Crippen molar-refractivity contribution in [1.82, 2.24) is 4.90 Å². The van der Waals surface area contributed by atoms with Crippen LogP contribution in [-0.4, -0.2) is 28.7 Å². The molecule has 4 rings (SSSR count). The summed E-state index contributed by atoms with van der Waals surface area (Å²) >= 11 is 6.57. The van der Waals surface area contributed by atoms with Crippen LogP contribution in [0.2, 0.25) is 0 Å². The van der Waals surface area contributed by atoms with E-state index in [0.717, 1.165) is 16.8 Å². The third kappa shape index (κ3) is 2.62. The standard InChI is InChI=1S/C19H16N2O2S2/c1-3-21-18(22)15(25-19(21)24)10-11-16-20(2)17-13-7-5-4-6-12(13)8-9-14(17)23-16/h4-11H,3H2,1-2H3/b15-10-,16-11-. The van der Waals surface area contributed by atoms with Crippen LogP contribution >= 0.6 is 24.0 Å². The van der Waals surface area contributed by atoms with Gasteiger partial charge in [-0.1, -0.05) is 54.3 Å². The molecule has 6 heteroatoms. The Bertz CT molecular complexity index is 965. The van der Waals surface area contributed by atoms with Crippen LogP contribution in [0.1, 0.15) is 6.92 Å². The molecule has 0 atom stereocenters. The number of thiocarbonyl (C=S) groups is 1. The smallest absolute Gasteiger partial charge is 0.266 e. The normalized spacial score (nSPS) is 20.1. The summed E-state index contributed by atoms with van der Waals surface area (Å²) in [6.07, 6.45) is 3.62. The maximum Gasteiger partial charge on any atom is 0.266 e. The summed E-state index contributed by atoms with van der Waals surface area (Å²) in [6, 6.07) is 12.2. The highest BCUT2D eigenvalue weighted by molar-refractivity contribution is 8.26. The summed E-state index contributed by atoms with van der Waals surface area (Å²) in [5, 5.41) is 2.31. The molecule has 0 radical (unpaired) electrons. The van der Waals surface area contributed by atoms with Crippen LogP contribution in [0.3, 0.4) is 0 Å². The van der Waals surface area contributed by atoms with Gasteiger partial charge < -0.3 is 9.64 Å². The summed E-state index contributed by atoms with van der Waals surface area (Å²) in [4.78, 5) is 16.5. The first-order chi connectivity index (χ1) is 12.1. The molecular formula is C19H16N2O2S2. The highest BCUT2D eigenvalue weighted by Crippen LogP contribution is 2.43. The number of rotatable bonds is 2. The number of allylic oxidation sites excluding steroid dienone is 2. The first-order valence-corrected chi connectivity index (χ1v) is 9.21. The fraction of sp³-hybridized carbons (Fsp3) is 0.158. The van der Waals surface area contributed by atoms with Crippen molar-refractivity contribution in [3.63, 3.8) is 0 Å². The molecule has 126 valence electrons. The van der Waals surface area contributed by atoms with Gasteiger partial charge in [-0.15, -0.1) is 0 Å². The summed E-state index contributed by atoms with van der Waals surface area (Å²) in [5.74, 6) is 1.47. The Morgan fingerprint density at radius 1 is 1.20 bits per heavy atom. The van der Waals surface area contributed by atoms with Crippen LogP contribution in [0, 0.1) is 0 Å². The summed E-state index contributed by atoms with van der Waals surface area (Å²) < 4.78 is 6.58. The fourth-order valence-electron chi connectivity index (χ4n) is 3.03. The van der Waals surface area contributed by atoms with Crippen molar-refractivity contribution in [2.24, 2.45) is 0 Å². The van der Waals surface area contributed by atoms with E-state index in [0.29, 0.717) is 21.7 Å². The predicted octanol–water partition coefficient (Wildman–Crippen LogP) is 4.27. The van der Waals surface area contributed by atoms with Gasteiger partial charge in [0.1, 0.15) is 4.32 Å². The molecule has 0 aromatic heterocycles. The van der Waals surface area contributed by atoms with Crippen molar-refractivity contribution < 1.29 is 9.53 Å². The Balaban J connectivity index is 1.68. The maximum atomic E-state index is 12.3. The Labute approximate surface area is 155 Å². The molecule has 2 heterocycles. The number of carbonyl (C=O) groups excluding carboxylic acids is 1. The first kappa shape index (κ1) is 16.2. The maximum absolute atomic E-state index is 12.3. The Kier molecular flexibility index (Phi) is 4.01. The largest absolute Gasteiger partial charge is 0.439 e. The van der Waals surface area contributed by atoms with E-state index in [9.17, 15) is 4.79 Å². The van der Waals surface area contributed by atoms with E-state index in [2.05, 4.69) is 18.2 Å². The van der Waals surface area contributed by atoms with Crippen LogP contribution in [0.25, 0.3) is 10.8 Å². The predicted molar refractivity (Wildman–Crippen MR) is 107 cm³/mol. The number of hydrogen-bond donors (Lipinski definition) is 0. The van der Waals surface area contributed by atoms with Crippen molar-refractivity contribution in [3.05, 3.63) is 59.3 Å². The molecule has 0 bridgehead atoms. The number of likely N-dealkylation sites (N-methyl/N-ethyl adjacent to an activating group) is 1. The Morgan fingerprint density at radius 2 is 2.00 bits per heavy atom. The molecule has 0 N–H and O–H groups in total. The van der Waals surface area contributed by atoms with Gasteiger partial charge in [0.25, 0.3) is 5.91 Å². The Hall–Kier alpha value is -2.31. The number of carbonyl (C=O) groups is 1. The minimum Gasteiger partial charge on any atom is -0.439 e. The molecule has 2 aliphatic heterocycles. The minimum atomic E-state index is -0.0436. The van der Waals surface area contributed by atoms with Crippen LogP contribution in [0.15, 0.2) is 59.3 Å². The lowest BCUT2D eigenvalue weighted by Gasteiger charge is -2.12. The third-order valence-corrected chi connectivity index (χ3v) is 5.71. The van der Waals surface area contributed by atoms with Crippen LogP contribution in [-0.2, 0) is 4.79 Å². The molecule has 4 nitrogen and oxygen atoms in total. The molecule has 0 aliphatic carbocycles. The summed E-state index contributed by atoms with van der Waals surface area (Å²) in [7, 11) is 1.97. The van der Waals surface area contributed by atoms with Gasteiger partial charge in [0.05, 0.1) is 10.6 Å².